The maximum atomic E-state index is 11.1. The topological polar surface area (TPSA) is 52.6 Å². The van der Waals surface area contributed by atoms with Gasteiger partial charge in [0.25, 0.3) is 0 Å². The maximum absolute atomic E-state index is 11.1. The van der Waals surface area contributed by atoms with Crippen molar-refractivity contribution in [1.29, 1.82) is 0 Å². The SMILES string of the molecule is CC(=O)OCc1ccccc1Cc1ccc(Cc2ccccc2COC(C)=O)cc1. The van der Waals surface area contributed by atoms with Crippen molar-refractivity contribution >= 4 is 11.9 Å². The first-order valence-electron chi connectivity index (χ1n) is 9.99. The molecule has 4 heteroatoms. The fourth-order valence-electron chi connectivity index (χ4n) is 3.32. The number of rotatable bonds is 8. The van der Waals surface area contributed by atoms with E-state index >= 15 is 0 Å². The molecule has 0 radical (unpaired) electrons. The number of carbonyl (C=O) groups is 2. The highest BCUT2D eigenvalue weighted by atomic mass is 16.5. The van der Waals surface area contributed by atoms with Crippen LogP contribution in [-0.2, 0) is 45.1 Å². The fraction of sp³-hybridized carbons (Fsp3) is 0.231. The molecular formula is C26H26O4. The van der Waals surface area contributed by atoms with Gasteiger partial charge in [-0.15, -0.1) is 0 Å². The summed E-state index contributed by atoms with van der Waals surface area (Å²) in [5.41, 5.74) is 6.74. The zero-order valence-corrected chi connectivity index (χ0v) is 17.4. The number of ether oxygens (including phenoxy) is 2. The van der Waals surface area contributed by atoms with Crippen LogP contribution in [0.1, 0.15) is 47.2 Å². The molecule has 0 aliphatic carbocycles. The van der Waals surface area contributed by atoms with E-state index in [2.05, 4.69) is 36.4 Å². The van der Waals surface area contributed by atoms with Gasteiger partial charge < -0.3 is 9.47 Å². The standard InChI is InChI=1S/C26H26O4/c1-19(27)29-17-25-9-5-3-7-23(25)15-21-11-13-22(14-12-21)16-24-8-4-6-10-26(24)18-30-20(2)28/h3-14H,15-18H2,1-2H3. The molecule has 0 saturated heterocycles. The van der Waals surface area contributed by atoms with E-state index in [1.165, 1.54) is 25.0 Å². The van der Waals surface area contributed by atoms with Crippen LogP contribution in [0.25, 0.3) is 0 Å². The van der Waals surface area contributed by atoms with Crippen LogP contribution in [0, 0.1) is 0 Å². The van der Waals surface area contributed by atoms with E-state index in [0.29, 0.717) is 13.2 Å². The van der Waals surface area contributed by atoms with Crippen LogP contribution in [0.3, 0.4) is 0 Å². The van der Waals surface area contributed by atoms with Gasteiger partial charge in [-0.25, -0.2) is 0 Å². The van der Waals surface area contributed by atoms with Gasteiger partial charge in [-0.05, 0) is 46.2 Å². The number of carbonyl (C=O) groups excluding carboxylic acids is 2. The van der Waals surface area contributed by atoms with Gasteiger partial charge in [0.2, 0.25) is 0 Å². The van der Waals surface area contributed by atoms with Gasteiger partial charge in [0.1, 0.15) is 13.2 Å². The highest BCUT2D eigenvalue weighted by Gasteiger charge is 2.07. The molecule has 0 N–H and O–H groups in total. The third-order valence-electron chi connectivity index (χ3n) is 4.91. The van der Waals surface area contributed by atoms with Gasteiger partial charge in [-0.2, -0.15) is 0 Å². The molecule has 0 aromatic heterocycles. The zero-order valence-electron chi connectivity index (χ0n) is 17.4. The van der Waals surface area contributed by atoms with Crippen LogP contribution < -0.4 is 0 Å². The molecule has 0 amide bonds. The lowest BCUT2D eigenvalue weighted by molar-refractivity contribution is -0.143. The van der Waals surface area contributed by atoms with Crippen molar-refractivity contribution in [2.45, 2.75) is 39.9 Å². The minimum Gasteiger partial charge on any atom is -0.461 e. The molecule has 0 fully saturated rings. The molecule has 0 spiro atoms. The van der Waals surface area contributed by atoms with Crippen molar-refractivity contribution in [1.82, 2.24) is 0 Å². The molecule has 4 nitrogen and oxygen atoms in total. The Morgan fingerprint density at radius 3 is 1.23 bits per heavy atom. The van der Waals surface area contributed by atoms with Crippen molar-refractivity contribution in [2.75, 3.05) is 0 Å². The average molecular weight is 402 g/mol. The maximum Gasteiger partial charge on any atom is 0.302 e. The van der Waals surface area contributed by atoms with E-state index in [9.17, 15) is 9.59 Å². The minimum absolute atomic E-state index is 0.275. The van der Waals surface area contributed by atoms with Gasteiger partial charge in [0.15, 0.2) is 0 Å². The summed E-state index contributed by atoms with van der Waals surface area (Å²) in [4.78, 5) is 22.3. The summed E-state index contributed by atoms with van der Waals surface area (Å²) in [7, 11) is 0. The van der Waals surface area contributed by atoms with Crippen molar-refractivity contribution in [3.05, 3.63) is 106 Å². The molecule has 3 rings (SSSR count). The molecule has 154 valence electrons. The summed E-state index contributed by atoms with van der Waals surface area (Å²) >= 11 is 0. The van der Waals surface area contributed by atoms with E-state index in [4.69, 9.17) is 9.47 Å². The van der Waals surface area contributed by atoms with E-state index < -0.39 is 0 Å². The smallest absolute Gasteiger partial charge is 0.302 e. The van der Waals surface area contributed by atoms with Gasteiger partial charge in [0, 0.05) is 13.8 Å². The second-order valence-corrected chi connectivity index (χ2v) is 7.27. The van der Waals surface area contributed by atoms with Gasteiger partial charge in [-0.1, -0.05) is 72.8 Å². The summed E-state index contributed by atoms with van der Waals surface area (Å²) < 4.78 is 10.3. The number of benzene rings is 3. The second-order valence-electron chi connectivity index (χ2n) is 7.27. The molecule has 0 aliphatic heterocycles. The molecule has 0 bridgehead atoms. The molecule has 30 heavy (non-hydrogen) atoms. The molecule has 0 atom stereocenters. The lowest BCUT2D eigenvalue weighted by Crippen LogP contribution is -2.03. The van der Waals surface area contributed by atoms with Crippen LogP contribution in [0.2, 0.25) is 0 Å². The summed E-state index contributed by atoms with van der Waals surface area (Å²) in [5.74, 6) is -0.550. The van der Waals surface area contributed by atoms with Crippen LogP contribution in [0.5, 0.6) is 0 Å². The average Bonchev–Trinajstić information content (AvgIpc) is 2.74. The van der Waals surface area contributed by atoms with Crippen LogP contribution in [0.4, 0.5) is 0 Å². The third-order valence-corrected chi connectivity index (χ3v) is 4.91. The van der Waals surface area contributed by atoms with Crippen LogP contribution in [-0.4, -0.2) is 11.9 Å². The van der Waals surface area contributed by atoms with Crippen molar-refractivity contribution in [2.24, 2.45) is 0 Å². The van der Waals surface area contributed by atoms with E-state index in [-0.39, 0.29) is 11.9 Å². The largest absolute Gasteiger partial charge is 0.461 e. The number of hydrogen-bond acceptors (Lipinski definition) is 4. The fourth-order valence-corrected chi connectivity index (χ4v) is 3.32. The van der Waals surface area contributed by atoms with E-state index in [1.807, 2.05) is 36.4 Å². The lowest BCUT2D eigenvalue weighted by Gasteiger charge is -2.12. The summed E-state index contributed by atoms with van der Waals surface area (Å²) in [6.07, 6.45) is 1.56. The van der Waals surface area contributed by atoms with Crippen molar-refractivity contribution < 1.29 is 19.1 Å². The molecule has 0 saturated carbocycles. The Labute approximate surface area is 177 Å². The molecule has 3 aromatic carbocycles. The molecule has 0 unspecified atom stereocenters. The molecule has 0 aliphatic rings. The minimum atomic E-state index is -0.275. The monoisotopic (exact) mass is 402 g/mol. The highest BCUT2D eigenvalue weighted by molar-refractivity contribution is 5.66. The van der Waals surface area contributed by atoms with E-state index in [0.717, 1.165) is 35.1 Å². The Morgan fingerprint density at radius 2 is 0.900 bits per heavy atom. The Bertz CT molecular complexity index is 923. The van der Waals surface area contributed by atoms with Gasteiger partial charge in [-0.3, -0.25) is 9.59 Å². The Balaban J connectivity index is 1.68. The Hall–Kier alpha value is -3.40. The van der Waals surface area contributed by atoms with Crippen LogP contribution in [0.15, 0.2) is 72.8 Å². The summed E-state index contributed by atoms with van der Waals surface area (Å²) in [6.45, 7) is 3.43. The third kappa shape index (κ3) is 6.31. The predicted octanol–water partition coefficient (Wildman–Crippen LogP) is 4.99. The lowest BCUT2D eigenvalue weighted by atomic mass is 9.96. The molecular weight excluding hydrogens is 376 g/mol. The highest BCUT2D eigenvalue weighted by Crippen LogP contribution is 2.19. The number of esters is 2. The van der Waals surface area contributed by atoms with Crippen molar-refractivity contribution in [3.8, 4) is 0 Å². The first kappa shape index (κ1) is 21.3. The van der Waals surface area contributed by atoms with Gasteiger partial charge in [0.05, 0.1) is 0 Å². The van der Waals surface area contributed by atoms with Gasteiger partial charge >= 0.3 is 11.9 Å². The van der Waals surface area contributed by atoms with Crippen LogP contribution >= 0.6 is 0 Å². The zero-order chi connectivity index (χ0) is 21.3. The summed E-state index contributed by atoms with van der Waals surface area (Å²) in [6, 6.07) is 24.6. The quantitative estimate of drug-likeness (QED) is 0.498. The Kier molecular flexibility index (Phi) is 7.39. The second kappa shape index (κ2) is 10.4. The first-order valence-corrected chi connectivity index (χ1v) is 9.99. The normalized spacial score (nSPS) is 10.5. The predicted molar refractivity (Wildman–Crippen MR) is 116 cm³/mol. The Morgan fingerprint density at radius 1 is 0.567 bits per heavy atom. The molecule has 0 heterocycles. The van der Waals surface area contributed by atoms with Crippen molar-refractivity contribution in [3.63, 3.8) is 0 Å². The molecule has 3 aromatic rings. The van der Waals surface area contributed by atoms with E-state index in [1.54, 1.807) is 0 Å². The first-order chi connectivity index (χ1) is 14.5. The number of hydrogen-bond donors (Lipinski definition) is 0. The summed E-state index contributed by atoms with van der Waals surface area (Å²) in [5, 5.41) is 0.